The highest BCUT2D eigenvalue weighted by Crippen LogP contribution is 2.26. The van der Waals surface area contributed by atoms with Crippen LogP contribution in [0.25, 0.3) is 0 Å². The molecule has 1 aromatic carbocycles. The smallest absolute Gasteiger partial charge is 0.146 e. The Morgan fingerprint density at radius 3 is 2.33 bits per heavy atom. The molecule has 1 heterocycles. The van der Waals surface area contributed by atoms with Crippen LogP contribution in [0.4, 0.5) is 14.5 Å². The van der Waals surface area contributed by atoms with E-state index in [0.717, 1.165) is 0 Å². The molecule has 1 aromatic rings. The zero-order valence-electron chi connectivity index (χ0n) is 10.3. The lowest BCUT2D eigenvalue weighted by atomic mass is 10.1. The Hall–Kier alpha value is -1.67. The van der Waals surface area contributed by atoms with E-state index in [1.54, 1.807) is 0 Å². The van der Waals surface area contributed by atoms with Crippen molar-refractivity contribution in [2.45, 2.75) is 26.1 Å². The van der Waals surface area contributed by atoms with Crippen LogP contribution in [-0.4, -0.2) is 25.3 Å². The van der Waals surface area contributed by atoms with Gasteiger partial charge in [0.05, 0.1) is 12.2 Å². The number of benzene rings is 1. The Morgan fingerprint density at radius 2 is 1.89 bits per heavy atom. The van der Waals surface area contributed by atoms with Gasteiger partial charge in [-0.1, -0.05) is 0 Å². The first kappa shape index (κ1) is 12.8. The summed E-state index contributed by atoms with van der Waals surface area (Å²) < 4.78 is 32.4. The molecule has 1 fully saturated rings. The number of anilines is 1. The molecular formula is C13H14F2N2O. The second-order valence-electron chi connectivity index (χ2n) is 4.61. The van der Waals surface area contributed by atoms with Crippen LogP contribution in [0.3, 0.4) is 0 Å². The quantitative estimate of drug-likeness (QED) is 0.829. The van der Waals surface area contributed by atoms with Gasteiger partial charge in [-0.15, -0.1) is 0 Å². The fourth-order valence-electron chi connectivity index (χ4n) is 1.97. The molecule has 0 atom stereocenters. The molecule has 0 unspecified atom stereocenters. The van der Waals surface area contributed by atoms with Crippen molar-refractivity contribution in [1.29, 1.82) is 5.26 Å². The van der Waals surface area contributed by atoms with Crippen molar-refractivity contribution in [3.63, 3.8) is 0 Å². The Bertz CT molecular complexity index is 467. The molecule has 0 aromatic heterocycles. The molecule has 1 aliphatic rings. The maximum atomic E-state index is 13.4. The first-order chi connectivity index (χ1) is 8.51. The van der Waals surface area contributed by atoms with Crippen molar-refractivity contribution in [2.75, 3.05) is 18.0 Å². The highest BCUT2D eigenvalue weighted by Gasteiger charge is 2.29. The number of rotatable bonds is 3. The van der Waals surface area contributed by atoms with E-state index in [2.05, 4.69) is 0 Å². The summed E-state index contributed by atoms with van der Waals surface area (Å²) in [6, 6.07) is 3.88. The van der Waals surface area contributed by atoms with Gasteiger partial charge in [-0.2, -0.15) is 5.26 Å². The van der Waals surface area contributed by atoms with Crippen molar-refractivity contribution in [3.05, 3.63) is 29.3 Å². The van der Waals surface area contributed by atoms with E-state index in [-0.39, 0.29) is 12.2 Å². The molecule has 2 rings (SSSR count). The van der Waals surface area contributed by atoms with Crippen LogP contribution in [0.1, 0.15) is 19.4 Å². The van der Waals surface area contributed by atoms with Gasteiger partial charge in [-0.05, 0) is 26.0 Å². The third-order valence-corrected chi connectivity index (χ3v) is 2.82. The van der Waals surface area contributed by atoms with E-state index in [1.165, 1.54) is 18.2 Å². The summed E-state index contributed by atoms with van der Waals surface area (Å²) in [5, 5.41) is 8.58. The van der Waals surface area contributed by atoms with Gasteiger partial charge in [0, 0.05) is 18.8 Å². The average molecular weight is 252 g/mol. The van der Waals surface area contributed by atoms with E-state index in [9.17, 15) is 8.78 Å². The van der Waals surface area contributed by atoms with Gasteiger partial charge in [0.25, 0.3) is 0 Å². The normalized spacial score (nSPS) is 15.7. The molecule has 18 heavy (non-hydrogen) atoms. The third-order valence-electron chi connectivity index (χ3n) is 2.82. The molecule has 0 saturated carbocycles. The molecule has 0 amide bonds. The predicted octanol–water partition coefficient (Wildman–Crippen LogP) is 2.45. The minimum Gasteiger partial charge on any atom is -0.372 e. The lowest BCUT2D eigenvalue weighted by Gasteiger charge is -2.41. The van der Waals surface area contributed by atoms with Gasteiger partial charge in [-0.3, -0.25) is 0 Å². The standard InChI is InChI=1S/C13H14F2N2O/c1-8(2)18-10-6-17(7-10)9-3-12(14)11(5-16)13(15)4-9/h3-4,8,10H,6-7H2,1-2H3. The number of hydrogen-bond acceptors (Lipinski definition) is 3. The number of halogens is 2. The number of nitrogens with zero attached hydrogens (tertiary/aromatic N) is 2. The molecular weight excluding hydrogens is 238 g/mol. The molecule has 0 bridgehead atoms. The summed E-state index contributed by atoms with van der Waals surface area (Å²) in [6.07, 6.45) is 0.248. The number of hydrogen-bond donors (Lipinski definition) is 0. The Labute approximate surface area is 105 Å². The van der Waals surface area contributed by atoms with Crippen LogP contribution in [0.2, 0.25) is 0 Å². The van der Waals surface area contributed by atoms with E-state index in [1.807, 2.05) is 18.7 Å². The molecule has 96 valence electrons. The summed E-state index contributed by atoms with van der Waals surface area (Å²) in [4.78, 5) is 1.82. The van der Waals surface area contributed by atoms with Crippen LogP contribution in [0.5, 0.6) is 0 Å². The monoisotopic (exact) mass is 252 g/mol. The van der Waals surface area contributed by atoms with E-state index in [4.69, 9.17) is 10.00 Å². The van der Waals surface area contributed by atoms with Gasteiger partial charge in [0.15, 0.2) is 0 Å². The summed E-state index contributed by atoms with van der Waals surface area (Å²) in [5.41, 5.74) is -0.0816. The highest BCUT2D eigenvalue weighted by molar-refractivity contribution is 5.53. The zero-order valence-corrected chi connectivity index (χ0v) is 10.3. The minimum atomic E-state index is -0.819. The second kappa shape index (κ2) is 4.91. The molecule has 1 saturated heterocycles. The highest BCUT2D eigenvalue weighted by atomic mass is 19.1. The zero-order chi connectivity index (χ0) is 13.3. The summed E-state index contributed by atoms with van der Waals surface area (Å²) in [5.74, 6) is -1.64. The minimum absolute atomic E-state index is 0.103. The molecule has 0 spiro atoms. The molecule has 0 aliphatic carbocycles. The first-order valence-corrected chi connectivity index (χ1v) is 5.80. The SMILES string of the molecule is CC(C)OC1CN(c2cc(F)c(C#N)c(F)c2)C1. The lowest BCUT2D eigenvalue weighted by molar-refractivity contribution is -0.00722. The van der Waals surface area contributed by atoms with Crippen molar-refractivity contribution >= 4 is 5.69 Å². The van der Waals surface area contributed by atoms with Crippen molar-refractivity contribution in [2.24, 2.45) is 0 Å². The molecule has 0 radical (unpaired) electrons. The average Bonchev–Trinajstić information content (AvgIpc) is 2.22. The van der Waals surface area contributed by atoms with Crippen LogP contribution in [-0.2, 0) is 4.74 Å². The first-order valence-electron chi connectivity index (χ1n) is 5.80. The van der Waals surface area contributed by atoms with Crippen molar-refractivity contribution in [3.8, 4) is 6.07 Å². The summed E-state index contributed by atoms with van der Waals surface area (Å²) >= 11 is 0. The Morgan fingerprint density at radius 1 is 1.33 bits per heavy atom. The van der Waals surface area contributed by atoms with Gasteiger partial charge < -0.3 is 9.64 Å². The van der Waals surface area contributed by atoms with Gasteiger partial charge >= 0.3 is 0 Å². The van der Waals surface area contributed by atoms with Gasteiger partial charge in [0.1, 0.15) is 23.3 Å². The predicted molar refractivity (Wildman–Crippen MR) is 63.3 cm³/mol. The summed E-state index contributed by atoms with van der Waals surface area (Å²) in [7, 11) is 0. The van der Waals surface area contributed by atoms with Crippen LogP contribution in [0.15, 0.2) is 12.1 Å². The van der Waals surface area contributed by atoms with Crippen molar-refractivity contribution in [1.82, 2.24) is 0 Å². The van der Waals surface area contributed by atoms with E-state index >= 15 is 0 Å². The number of nitriles is 1. The van der Waals surface area contributed by atoms with E-state index in [0.29, 0.717) is 18.8 Å². The molecule has 0 N–H and O–H groups in total. The third kappa shape index (κ3) is 2.44. The maximum absolute atomic E-state index is 13.4. The van der Waals surface area contributed by atoms with Crippen LogP contribution >= 0.6 is 0 Å². The second-order valence-corrected chi connectivity index (χ2v) is 4.61. The Kier molecular flexibility index (Phi) is 3.48. The van der Waals surface area contributed by atoms with E-state index < -0.39 is 17.2 Å². The maximum Gasteiger partial charge on any atom is 0.146 e. The Balaban J connectivity index is 2.07. The fraction of sp³-hybridized carbons (Fsp3) is 0.462. The molecule has 5 heteroatoms. The topological polar surface area (TPSA) is 36.3 Å². The lowest BCUT2D eigenvalue weighted by Crippen LogP contribution is -2.53. The van der Waals surface area contributed by atoms with Crippen LogP contribution in [0, 0.1) is 23.0 Å². The van der Waals surface area contributed by atoms with Crippen LogP contribution < -0.4 is 4.90 Å². The molecule has 1 aliphatic heterocycles. The fourth-order valence-corrected chi connectivity index (χ4v) is 1.97. The largest absolute Gasteiger partial charge is 0.372 e. The number of ether oxygens (including phenoxy) is 1. The van der Waals surface area contributed by atoms with Gasteiger partial charge in [-0.25, -0.2) is 8.78 Å². The van der Waals surface area contributed by atoms with Gasteiger partial charge in [0.2, 0.25) is 0 Å². The van der Waals surface area contributed by atoms with Crippen molar-refractivity contribution < 1.29 is 13.5 Å². The molecule has 3 nitrogen and oxygen atoms in total. The summed E-state index contributed by atoms with van der Waals surface area (Å²) in [6.45, 7) is 5.12.